The van der Waals surface area contributed by atoms with Crippen LogP contribution >= 0.6 is 0 Å². The van der Waals surface area contributed by atoms with E-state index in [1.54, 1.807) is 19.9 Å². The molecule has 1 aliphatic heterocycles. The van der Waals surface area contributed by atoms with Crippen molar-refractivity contribution in [2.75, 3.05) is 11.9 Å². The summed E-state index contributed by atoms with van der Waals surface area (Å²) in [5.41, 5.74) is 3.36. The van der Waals surface area contributed by atoms with Crippen LogP contribution in [0.1, 0.15) is 35.6 Å². The van der Waals surface area contributed by atoms with Crippen LogP contribution in [-0.2, 0) is 9.59 Å². The Labute approximate surface area is 172 Å². The molecule has 1 amide bonds. The monoisotopic (exact) mass is 407 g/mol. The number of anilines is 1. The van der Waals surface area contributed by atoms with Gasteiger partial charge >= 0.3 is 5.97 Å². The van der Waals surface area contributed by atoms with Crippen LogP contribution in [0, 0.1) is 18.7 Å². The number of H-pyrrole nitrogens is 1. The summed E-state index contributed by atoms with van der Waals surface area (Å²) in [4.78, 5) is 32.4. The molecule has 30 heavy (non-hydrogen) atoms. The zero-order valence-corrected chi connectivity index (χ0v) is 16.6. The van der Waals surface area contributed by atoms with Crippen molar-refractivity contribution in [1.82, 2.24) is 4.98 Å². The lowest BCUT2D eigenvalue weighted by molar-refractivity contribution is -0.137. The van der Waals surface area contributed by atoms with E-state index in [0.29, 0.717) is 11.4 Å². The van der Waals surface area contributed by atoms with Crippen LogP contribution in [0.2, 0.25) is 0 Å². The highest BCUT2D eigenvalue weighted by atomic mass is 19.1. The molecule has 1 aromatic heterocycles. The second kappa shape index (κ2) is 7.74. The van der Waals surface area contributed by atoms with Gasteiger partial charge < -0.3 is 15.4 Å². The second-order valence-corrected chi connectivity index (χ2v) is 7.67. The van der Waals surface area contributed by atoms with E-state index >= 15 is 0 Å². The number of halogens is 1. The number of aromatic nitrogens is 1. The molecule has 3 N–H and O–H groups in total. The first-order chi connectivity index (χ1) is 14.4. The molecule has 0 saturated carbocycles. The highest BCUT2D eigenvalue weighted by molar-refractivity contribution is 5.99. The smallest absolute Gasteiger partial charge is 0.318 e. The summed E-state index contributed by atoms with van der Waals surface area (Å²) in [5, 5.41) is 13.4. The van der Waals surface area contributed by atoms with Crippen molar-refractivity contribution in [3.8, 4) is 0 Å². The number of nitrogens with one attached hydrogen (secondary N) is 2. The van der Waals surface area contributed by atoms with E-state index in [4.69, 9.17) is 0 Å². The van der Waals surface area contributed by atoms with E-state index in [1.807, 2.05) is 24.3 Å². The summed E-state index contributed by atoms with van der Waals surface area (Å²) < 4.78 is 13.6. The topological polar surface area (TPSA) is 94.6 Å². The van der Waals surface area contributed by atoms with Crippen molar-refractivity contribution in [3.05, 3.63) is 65.1 Å². The summed E-state index contributed by atoms with van der Waals surface area (Å²) in [7, 11) is 0. The molecule has 0 spiro atoms. The van der Waals surface area contributed by atoms with Crippen LogP contribution in [0.15, 0.2) is 47.5 Å². The quantitative estimate of drug-likeness (QED) is 0.604. The maximum Gasteiger partial charge on any atom is 0.318 e. The fourth-order valence-corrected chi connectivity index (χ4v) is 4.03. The molecule has 6 nitrogen and oxygen atoms in total. The summed E-state index contributed by atoms with van der Waals surface area (Å²) >= 11 is 0. The molecule has 2 heterocycles. The van der Waals surface area contributed by atoms with Gasteiger partial charge in [0.15, 0.2) is 0 Å². The molecule has 0 aliphatic carbocycles. The third kappa shape index (κ3) is 3.47. The Balaban J connectivity index is 1.74. The molecule has 0 radical (unpaired) electrons. The highest BCUT2D eigenvalue weighted by Gasteiger charge is 2.35. The number of carboxylic acid groups (broad SMARTS) is 1. The van der Waals surface area contributed by atoms with E-state index in [9.17, 15) is 19.1 Å². The Kier molecular flexibility index (Phi) is 5.11. The Bertz CT molecular complexity index is 1170. The average molecular weight is 407 g/mol. The molecule has 1 aliphatic rings. The predicted molar refractivity (Wildman–Crippen MR) is 114 cm³/mol. The first-order valence-electron chi connectivity index (χ1n) is 9.77. The first-order valence-corrected chi connectivity index (χ1v) is 9.77. The third-order valence-electron chi connectivity index (χ3n) is 5.76. The largest absolute Gasteiger partial charge is 0.480 e. The van der Waals surface area contributed by atoms with Gasteiger partial charge in [0, 0.05) is 46.9 Å². The fourth-order valence-electron chi connectivity index (χ4n) is 4.03. The van der Waals surface area contributed by atoms with Gasteiger partial charge in [-0.1, -0.05) is 31.2 Å². The number of rotatable bonds is 4. The van der Waals surface area contributed by atoms with Gasteiger partial charge in [-0.05, 0) is 36.2 Å². The van der Waals surface area contributed by atoms with Crippen LogP contribution in [0.4, 0.5) is 10.1 Å². The fraction of sp³-hybridized carbons (Fsp3) is 0.261. The number of benzene rings is 2. The number of aryl methyl sites for hydroxylation is 1. The summed E-state index contributed by atoms with van der Waals surface area (Å²) in [5.74, 6) is -3.45. The van der Waals surface area contributed by atoms with Crippen molar-refractivity contribution >= 4 is 34.7 Å². The maximum absolute atomic E-state index is 13.6. The van der Waals surface area contributed by atoms with Gasteiger partial charge in [-0.15, -0.1) is 0 Å². The van der Waals surface area contributed by atoms with Gasteiger partial charge in [-0.25, -0.2) is 4.39 Å². The maximum atomic E-state index is 13.6. The summed E-state index contributed by atoms with van der Waals surface area (Å²) in [6.45, 7) is 3.87. The number of amides is 1. The summed E-state index contributed by atoms with van der Waals surface area (Å²) in [6, 6.07) is 11.8. The van der Waals surface area contributed by atoms with E-state index < -0.39 is 23.6 Å². The molecule has 2 aromatic carbocycles. The number of carbonyl (C=O) groups is 2. The zero-order valence-electron chi connectivity index (χ0n) is 16.6. The van der Waals surface area contributed by atoms with Gasteiger partial charge in [-0.3, -0.25) is 14.6 Å². The Hall–Kier alpha value is -3.48. The number of aromatic amines is 1. The minimum atomic E-state index is -1.00. The number of aliphatic imine (C=N–C) groups is 1. The van der Waals surface area contributed by atoms with E-state index in [1.165, 1.54) is 18.3 Å². The lowest BCUT2D eigenvalue weighted by atomic mass is 9.83. The molecular formula is C23H22FN3O3. The van der Waals surface area contributed by atoms with E-state index in [-0.39, 0.29) is 18.4 Å². The minimum absolute atomic E-state index is 0.270. The highest BCUT2D eigenvalue weighted by Crippen LogP contribution is 2.39. The molecule has 3 unspecified atom stereocenters. The first kappa shape index (κ1) is 19.8. The molecule has 3 aromatic rings. The van der Waals surface area contributed by atoms with Crippen LogP contribution in [-0.4, -0.2) is 34.7 Å². The Morgan fingerprint density at radius 3 is 2.80 bits per heavy atom. The lowest BCUT2D eigenvalue weighted by Crippen LogP contribution is -2.28. The standard InChI is InChI=1S/C23H22FN3O3/c1-12-7-8-14(24)9-19(12)27-22(28)13(2)16-10-25-11-17(23(29)30)21-20(16)15-5-3-4-6-18(15)26-21/h3-9,11,13,16-17,26H,10H2,1-2H3,(H,27,28)(H,29,30). The number of hydrogen-bond acceptors (Lipinski definition) is 3. The number of aliphatic carboxylic acids is 1. The number of para-hydroxylation sites is 1. The van der Waals surface area contributed by atoms with Crippen LogP contribution in [0.5, 0.6) is 0 Å². The number of carbonyl (C=O) groups excluding carboxylic acids is 1. The van der Waals surface area contributed by atoms with Gasteiger partial charge in [0.1, 0.15) is 11.7 Å². The molecule has 0 bridgehead atoms. The Morgan fingerprint density at radius 2 is 2.03 bits per heavy atom. The van der Waals surface area contributed by atoms with E-state index in [2.05, 4.69) is 15.3 Å². The predicted octanol–water partition coefficient (Wildman–Crippen LogP) is 4.23. The van der Waals surface area contributed by atoms with E-state index in [0.717, 1.165) is 22.0 Å². The van der Waals surface area contributed by atoms with Gasteiger partial charge in [0.25, 0.3) is 0 Å². The lowest BCUT2D eigenvalue weighted by Gasteiger charge is -2.23. The van der Waals surface area contributed by atoms with Crippen molar-refractivity contribution < 1.29 is 19.1 Å². The second-order valence-electron chi connectivity index (χ2n) is 7.67. The van der Waals surface area contributed by atoms with Crippen LogP contribution in [0.3, 0.4) is 0 Å². The molecule has 0 fully saturated rings. The number of fused-ring (bicyclic) bond motifs is 3. The van der Waals surface area contributed by atoms with Gasteiger partial charge in [0.05, 0.1) is 0 Å². The molecule has 0 saturated heterocycles. The molecule has 3 atom stereocenters. The van der Waals surface area contributed by atoms with Gasteiger partial charge in [-0.2, -0.15) is 0 Å². The molecule has 7 heteroatoms. The zero-order chi connectivity index (χ0) is 21.4. The SMILES string of the molecule is Cc1ccc(F)cc1NC(=O)C(C)C1CN=CC(C(=O)O)c2[nH]c3ccccc3c21. The van der Waals surface area contributed by atoms with Crippen molar-refractivity contribution in [2.24, 2.45) is 10.9 Å². The Morgan fingerprint density at radius 1 is 1.27 bits per heavy atom. The average Bonchev–Trinajstić information content (AvgIpc) is 2.98. The third-order valence-corrected chi connectivity index (χ3v) is 5.76. The van der Waals surface area contributed by atoms with Gasteiger partial charge in [0.2, 0.25) is 5.91 Å². The van der Waals surface area contributed by atoms with Crippen molar-refractivity contribution in [3.63, 3.8) is 0 Å². The molecular weight excluding hydrogens is 385 g/mol. The van der Waals surface area contributed by atoms with Crippen LogP contribution in [0.25, 0.3) is 10.9 Å². The molecule has 154 valence electrons. The normalized spacial score (nSPS) is 19.2. The number of nitrogens with zero attached hydrogens (tertiary/aromatic N) is 1. The molecule has 4 rings (SSSR count). The van der Waals surface area contributed by atoms with Crippen molar-refractivity contribution in [2.45, 2.75) is 25.7 Å². The van der Waals surface area contributed by atoms with Crippen molar-refractivity contribution in [1.29, 1.82) is 0 Å². The number of hydrogen-bond donors (Lipinski definition) is 3. The van der Waals surface area contributed by atoms with Crippen LogP contribution < -0.4 is 5.32 Å². The number of carboxylic acids is 1. The minimum Gasteiger partial charge on any atom is -0.480 e. The summed E-state index contributed by atoms with van der Waals surface area (Å²) in [6.07, 6.45) is 1.43.